The number of nitrogens with zero attached hydrogens (tertiary/aromatic N) is 1. The first kappa shape index (κ1) is 14.7. The maximum atomic E-state index is 11.0. The predicted octanol–water partition coefficient (Wildman–Crippen LogP) is 2.58. The Morgan fingerprint density at radius 2 is 2.20 bits per heavy atom. The van der Waals surface area contributed by atoms with E-state index in [9.17, 15) is 10.1 Å². The van der Waals surface area contributed by atoms with E-state index in [2.05, 4.69) is 5.32 Å². The molecule has 0 atom stereocenters. The van der Waals surface area contributed by atoms with E-state index in [0.717, 1.165) is 31.6 Å². The molecule has 1 aromatic rings. The molecule has 6 heteroatoms. The van der Waals surface area contributed by atoms with Crippen molar-refractivity contribution in [1.29, 1.82) is 0 Å². The fourth-order valence-corrected chi connectivity index (χ4v) is 2.29. The average Bonchev–Trinajstić information content (AvgIpc) is 2.48. The Hall–Kier alpha value is -1.66. The Morgan fingerprint density at radius 1 is 1.45 bits per heavy atom. The van der Waals surface area contributed by atoms with Crippen LogP contribution in [0.3, 0.4) is 0 Å². The van der Waals surface area contributed by atoms with E-state index in [4.69, 9.17) is 9.47 Å². The lowest BCUT2D eigenvalue weighted by molar-refractivity contribution is -0.384. The summed E-state index contributed by atoms with van der Waals surface area (Å²) in [7, 11) is 1.67. The molecule has 0 aromatic heterocycles. The first-order valence-electron chi connectivity index (χ1n) is 6.81. The van der Waals surface area contributed by atoms with Gasteiger partial charge in [-0.2, -0.15) is 0 Å². The van der Waals surface area contributed by atoms with Crippen molar-refractivity contribution in [2.24, 2.45) is 5.92 Å². The predicted molar refractivity (Wildman–Crippen MR) is 75.8 cm³/mol. The highest BCUT2D eigenvalue weighted by Crippen LogP contribution is 2.25. The molecule has 1 saturated heterocycles. The first-order chi connectivity index (χ1) is 9.70. The molecule has 0 bridgehead atoms. The van der Waals surface area contributed by atoms with Crippen LogP contribution in [-0.4, -0.2) is 31.8 Å². The molecule has 0 radical (unpaired) electrons. The third kappa shape index (κ3) is 3.91. The summed E-state index contributed by atoms with van der Waals surface area (Å²) >= 11 is 0. The number of benzene rings is 1. The lowest BCUT2D eigenvalue weighted by Crippen LogP contribution is -2.20. The molecule has 0 unspecified atom stereocenters. The molecule has 110 valence electrons. The largest absolute Gasteiger partial charge is 0.383 e. The van der Waals surface area contributed by atoms with Crippen LogP contribution >= 0.6 is 0 Å². The van der Waals surface area contributed by atoms with Crippen molar-refractivity contribution in [2.45, 2.75) is 19.4 Å². The summed E-state index contributed by atoms with van der Waals surface area (Å²) in [6.07, 6.45) is 2.05. The Balaban J connectivity index is 1.89. The molecule has 1 fully saturated rings. The van der Waals surface area contributed by atoms with Gasteiger partial charge >= 0.3 is 0 Å². The Bertz CT molecular complexity index is 458. The number of rotatable bonds is 6. The summed E-state index contributed by atoms with van der Waals surface area (Å²) in [4.78, 5) is 10.6. The zero-order valence-electron chi connectivity index (χ0n) is 11.6. The summed E-state index contributed by atoms with van der Waals surface area (Å²) in [5.74, 6) is 0.537. The highest BCUT2D eigenvalue weighted by atomic mass is 16.6. The fourth-order valence-electron chi connectivity index (χ4n) is 2.29. The third-order valence-electron chi connectivity index (χ3n) is 3.49. The fraction of sp³-hybridized carbons (Fsp3) is 0.571. The maximum Gasteiger partial charge on any atom is 0.292 e. The van der Waals surface area contributed by atoms with Gasteiger partial charge in [0.25, 0.3) is 5.69 Å². The van der Waals surface area contributed by atoms with Gasteiger partial charge in [0, 0.05) is 26.3 Å². The van der Waals surface area contributed by atoms with Gasteiger partial charge in [-0.05, 0) is 30.4 Å². The second-order valence-corrected chi connectivity index (χ2v) is 4.93. The summed E-state index contributed by atoms with van der Waals surface area (Å²) in [6, 6.07) is 5.13. The van der Waals surface area contributed by atoms with Crippen LogP contribution < -0.4 is 5.32 Å². The minimum Gasteiger partial charge on any atom is -0.383 e. The summed E-state index contributed by atoms with van der Waals surface area (Å²) in [5, 5.41) is 13.8. The molecule has 20 heavy (non-hydrogen) atoms. The molecule has 1 N–H and O–H groups in total. The highest BCUT2D eigenvalue weighted by Gasteiger charge is 2.15. The van der Waals surface area contributed by atoms with E-state index in [0.29, 0.717) is 24.8 Å². The number of nitrogens with one attached hydrogen (secondary N) is 1. The first-order valence-corrected chi connectivity index (χ1v) is 6.81. The molecule has 0 spiro atoms. The number of hydrogen-bond donors (Lipinski definition) is 1. The molecular formula is C14H20N2O4. The monoisotopic (exact) mass is 280 g/mol. The van der Waals surface area contributed by atoms with E-state index in [1.165, 1.54) is 0 Å². The smallest absolute Gasteiger partial charge is 0.292 e. The molecule has 0 saturated carbocycles. The normalized spacial score (nSPS) is 16.1. The topological polar surface area (TPSA) is 73.6 Å². The van der Waals surface area contributed by atoms with Gasteiger partial charge in [-0.25, -0.2) is 0 Å². The second kappa shape index (κ2) is 7.21. The third-order valence-corrected chi connectivity index (χ3v) is 3.49. The van der Waals surface area contributed by atoms with Crippen molar-refractivity contribution < 1.29 is 14.4 Å². The summed E-state index contributed by atoms with van der Waals surface area (Å²) < 4.78 is 11.0. The minimum absolute atomic E-state index is 0.0830. The van der Waals surface area contributed by atoms with Crippen molar-refractivity contribution in [2.75, 3.05) is 32.2 Å². The van der Waals surface area contributed by atoms with Crippen LogP contribution in [0.4, 0.5) is 11.4 Å². The van der Waals surface area contributed by atoms with E-state index >= 15 is 0 Å². The Morgan fingerprint density at radius 3 is 2.85 bits per heavy atom. The van der Waals surface area contributed by atoms with Crippen molar-refractivity contribution in [1.82, 2.24) is 0 Å². The minimum atomic E-state index is -0.381. The standard InChI is InChI=1S/C14H20N2O4/c1-15-13-3-2-12(8-14(13)16(17)18)10-20-9-11-4-6-19-7-5-11/h2-3,8,11,15H,4-7,9-10H2,1H3. The molecule has 1 aromatic carbocycles. The van der Waals surface area contributed by atoms with Crippen LogP contribution in [0.2, 0.25) is 0 Å². The molecule has 1 heterocycles. The van der Waals surface area contributed by atoms with Gasteiger partial charge in [0.15, 0.2) is 0 Å². The van der Waals surface area contributed by atoms with Gasteiger partial charge in [-0.3, -0.25) is 10.1 Å². The van der Waals surface area contributed by atoms with Crippen molar-refractivity contribution in [3.8, 4) is 0 Å². The molecule has 0 aliphatic carbocycles. The number of hydrogen-bond acceptors (Lipinski definition) is 5. The number of nitro benzene ring substituents is 1. The average molecular weight is 280 g/mol. The van der Waals surface area contributed by atoms with E-state index < -0.39 is 0 Å². The molecule has 1 aliphatic rings. The lowest BCUT2D eigenvalue weighted by Gasteiger charge is -2.21. The molecular weight excluding hydrogens is 260 g/mol. The van der Waals surface area contributed by atoms with E-state index in [1.807, 2.05) is 6.07 Å². The van der Waals surface area contributed by atoms with Gasteiger partial charge in [0.05, 0.1) is 18.1 Å². The number of ether oxygens (including phenoxy) is 2. The van der Waals surface area contributed by atoms with Gasteiger partial charge in [0.2, 0.25) is 0 Å². The quantitative estimate of drug-likeness (QED) is 0.640. The van der Waals surface area contributed by atoms with Crippen molar-refractivity contribution >= 4 is 11.4 Å². The van der Waals surface area contributed by atoms with E-state index in [-0.39, 0.29) is 10.6 Å². The lowest BCUT2D eigenvalue weighted by atomic mass is 10.0. The molecule has 0 amide bonds. The van der Waals surface area contributed by atoms with Crippen LogP contribution in [0.5, 0.6) is 0 Å². The Labute approximate surface area is 118 Å². The summed E-state index contributed by atoms with van der Waals surface area (Å²) in [5.41, 5.74) is 1.42. The highest BCUT2D eigenvalue weighted by molar-refractivity contribution is 5.62. The second-order valence-electron chi connectivity index (χ2n) is 4.93. The molecule has 6 nitrogen and oxygen atoms in total. The van der Waals surface area contributed by atoms with Gasteiger partial charge in [-0.15, -0.1) is 0 Å². The van der Waals surface area contributed by atoms with Crippen LogP contribution in [-0.2, 0) is 16.1 Å². The SMILES string of the molecule is CNc1ccc(COCC2CCOCC2)cc1[N+](=O)[O-]. The van der Waals surface area contributed by atoms with Gasteiger partial charge in [0.1, 0.15) is 5.69 Å². The van der Waals surface area contributed by atoms with E-state index in [1.54, 1.807) is 19.2 Å². The maximum absolute atomic E-state index is 11.0. The van der Waals surface area contributed by atoms with Crippen LogP contribution in [0, 0.1) is 16.0 Å². The van der Waals surface area contributed by atoms with Crippen molar-refractivity contribution in [3.05, 3.63) is 33.9 Å². The van der Waals surface area contributed by atoms with Gasteiger partial charge < -0.3 is 14.8 Å². The zero-order valence-corrected chi connectivity index (χ0v) is 11.6. The van der Waals surface area contributed by atoms with Crippen molar-refractivity contribution in [3.63, 3.8) is 0 Å². The van der Waals surface area contributed by atoms with Gasteiger partial charge in [-0.1, -0.05) is 6.07 Å². The van der Waals surface area contributed by atoms with Crippen LogP contribution in [0.15, 0.2) is 18.2 Å². The summed E-state index contributed by atoms with van der Waals surface area (Å²) in [6.45, 7) is 2.69. The number of anilines is 1. The van der Waals surface area contributed by atoms with Crippen LogP contribution in [0.25, 0.3) is 0 Å². The molecule has 2 rings (SSSR count). The number of nitro groups is 1. The van der Waals surface area contributed by atoms with Crippen LogP contribution in [0.1, 0.15) is 18.4 Å². The zero-order chi connectivity index (χ0) is 14.4. The molecule has 1 aliphatic heterocycles. The Kier molecular flexibility index (Phi) is 5.31.